The van der Waals surface area contributed by atoms with Gasteiger partial charge in [-0.25, -0.2) is 9.78 Å². The highest BCUT2D eigenvalue weighted by molar-refractivity contribution is 7.85. The van der Waals surface area contributed by atoms with Gasteiger partial charge in [0, 0.05) is 25.5 Å². The van der Waals surface area contributed by atoms with Crippen LogP contribution in [0.1, 0.15) is 33.6 Å². The second-order valence-electron chi connectivity index (χ2n) is 6.03. The van der Waals surface area contributed by atoms with Crippen molar-refractivity contribution in [2.45, 2.75) is 49.5 Å². The van der Waals surface area contributed by atoms with Gasteiger partial charge in [-0.3, -0.25) is 9.19 Å². The van der Waals surface area contributed by atoms with Gasteiger partial charge in [0.25, 0.3) is 0 Å². The molecule has 21 heavy (non-hydrogen) atoms. The monoisotopic (exact) mass is 311 g/mol. The van der Waals surface area contributed by atoms with Gasteiger partial charge in [-0.2, -0.15) is 0 Å². The average Bonchev–Trinajstić information content (AvgIpc) is 2.46. The van der Waals surface area contributed by atoms with Gasteiger partial charge in [-0.15, -0.1) is 0 Å². The van der Waals surface area contributed by atoms with E-state index in [0.29, 0.717) is 18.1 Å². The first-order valence-electron chi connectivity index (χ1n) is 7.01. The highest BCUT2D eigenvalue weighted by atomic mass is 32.2. The minimum atomic E-state index is -1.25. The number of hydrogen-bond acceptors (Lipinski definition) is 5. The third kappa shape index (κ3) is 4.49. The largest absolute Gasteiger partial charge is 0.444 e. The normalized spacial score (nSPS) is 20.9. The number of ether oxygens (including phenoxy) is 1. The number of carbonyl (C=O) groups is 1. The molecule has 0 unspecified atom stereocenters. The Morgan fingerprint density at radius 1 is 1.43 bits per heavy atom. The summed E-state index contributed by atoms with van der Waals surface area (Å²) in [6.45, 7) is 6.58. The third-order valence-corrected chi connectivity index (χ3v) is 4.69. The predicted octanol–water partition coefficient (Wildman–Crippen LogP) is 1.98. The first-order valence-corrected chi connectivity index (χ1v) is 8.22. The zero-order valence-electron chi connectivity index (χ0n) is 12.6. The fourth-order valence-electron chi connectivity index (χ4n) is 2.17. The molecule has 2 atom stereocenters. The van der Waals surface area contributed by atoms with Crippen molar-refractivity contribution in [2.24, 2.45) is 0 Å². The van der Waals surface area contributed by atoms with E-state index in [1.54, 1.807) is 11.1 Å². The molecule has 1 saturated heterocycles. The number of amides is 1. The second-order valence-corrected chi connectivity index (χ2v) is 7.71. The number of nitrogens with zero attached hydrogens (tertiary/aromatic N) is 3. The Hall–Kier alpha value is -1.50. The molecule has 116 valence electrons. The quantitative estimate of drug-likeness (QED) is 0.835. The van der Waals surface area contributed by atoms with Crippen LogP contribution in [0.5, 0.6) is 0 Å². The molecule has 1 amide bonds. The van der Waals surface area contributed by atoms with Crippen LogP contribution in [0.4, 0.5) is 4.79 Å². The maximum atomic E-state index is 12.5. The van der Waals surface area contributed by atoms with Crippen molar-refractivity contribution < 1.29 is 13.7 Å². The van der Waals surface area contributed by atoms with E-state index in [-0.39, 0.29) is 11.3 Å². The molecule has 1 fully saturated rings. The molecule has 0 aliphatic carbocycles. The summed E-state index contributed by atoms with van der Waals surface area (Å²) in [7, 11) is -1.25. The van der Waals surface area contributed by atoms with Crippen molar-refractivity contribution in [2.75, 3.05) is 13.1 Å². The molecule has 0 bridgehead atoms. The van der Waals surface area contributed by atoms with Crippen LogP contribution in [-0.4, -0.2) is 49.1 Å². The summed E-state index contributed by atoms with van der Waals surface area (Å²) in [5.74, 6) is 0. The summed E-state index contributed by atoms with van der Waals surface area (Å²) >= 11 is 0. The maximum absolute atomic E-state index is 12.5. The van der Waals surface area contributed by atoms with Crippen LogP contribution in [-0.2, 0) is 15.5 Å². The Morgan fingerprint density at radius 2 is 2.19 bits per heavy atom. The SMILES string of the molecule is CC(C)(C)OC(=O)N1CCC[C@H]([S@](=O)c2cnccn2)C1. The molecule has 0 spiro atoms. The summed E-state index contributed by atoms with van der Waals surface area (Å²) in [6, 6.07) is 0. The van der Waals surface area contributed by atoms with E-state index in [4.69, 9.17) is 4.74 Å². The Bertz CT molecular complexity index is 516. The first-order chi connectivity index (χ1) is 9.87. The van der Waals surface area contributed by atoms with E-state index in [1.165, 1.54) is 12.4 Å². The molecule has 0 radical (unpaired) electrons. The lowest BCUT2D eigenvalue weighted by Crippen LogP contribution is -2.45. The second kappa shape index (κ2) is 6.51. The van der Waals surface area contributed by atoms with Gasteiger partial charge < -0.3 is 9.64 Å². The van der Waals surface area contributed by atoms with Gasteiger partial charge in [-0.05, 0) is 33.6 Å². The van der Waals surface area contributed by atoms with Gasteiger partial charge in [0.1, 0.15) is 10.6 Å². The van der Waals surface area contributed by atoms with Gasteiger partial charge in [0.15, 0.2) is 0 Å². The van der Waals surface area contributed by atoms with Crippen molar-refractivity contribution in [3.05, 3.63) is 18.6 Å². The lowest BCUT2D eigenvalue weighted by Gasteiger charge is -2.33. The van der Waals surface area contributed by atoms with Crippen molar-refractivity contribution in [1.29, 1.82) is 0 Å². The number of likely N-dealkylation sites (tertiary alicyclic amines) is 1. The van der Waals surface area contributed by atoms with Crippen LogP contribution < -0.4 is 0 Å². The van der Waals surface area contributed by atoms with E-state index in [2.05, 4.69) is 9.97 Å². The Morgan fingerprint density at radius 3 is 2.81 bits per heavy atom. The van der Waals surface area contributed by atoms with Crippen LogP contribution in [0, 0.1) is 0 Å². The van der Waals surface area contributed by atoms with E-state index in [9.17, 15) is 9.00 Å². The third-order valence-electron chi connectivity index (χ3n) is 3.08. The van der Waals surface area contributed by atoms with Gasteiger partial charge in [0.05, 0.1) is 22.2 Å². The molecule has 0 aromatic carbocycles. The molecular formula is C14H21N3O3S. The van der Waals surface area contributed by atoms with Gasteiger partial charge >= 0.3 is 6.09 Å². The Balaban J connectivity index is 2.01. The average molecular weight is 311 g/mol. The van der Waals surface area contributed by atoms with E-state index < -0.39 is 16.4 Å². The fourth-order valence-corrected chi connectivity index (χ4v) is 3.53. The van der Waals surface area contributed by atoms with E-state index >= 15 is 0 Å². The number of piperidine rings is 1. The Kier molecular flexibility index (Phi) is 4.92. The van der Waals surface area contributed by atoms with Crippen LogP contribution >= 0.6 is 0 Å². The lowest BCUT2D eigenvalue weighted by atomic mass is 10.1. The lowest BCUT2D eigenvalue weighted by molar-refractivity contribution is 0.0219. The van der Waals surface area contributed by atoms with Crippen molar-refractivity contribution in [3.63, 3.8) is 0 Å². The molecule has 0 saturated carbocycles. The minimum Gasteiger partial charge on any atom is -0.444 e. The molecular weight excluding hydrogens is 290 g/mol. The predicted molar refractivity (Wildman–Crippen MR) is 79.3 cm³/mol. The molecule has 1 aromatic heterocycles. The number of carbonyl (C=O) groups excluding carboxylic acids is 1. The van der Waals surface area contributed by atoms with Crippen LogP contribution in [0.25, 0.3) is 0 Å². The maximum Gasteiger partial charge on any atom is 0.410 e. The van der Waals surface area contributed by atoms with Gasteiger partial charge in [-0.1, -0.05) is 0 Å². The minimum absolute atomic E-state index is 0.122. The summed E-state index contributed by atoms with van der Waals surface area (Å²) < 4.78 is 17.9. The van der Waals surface area contributed by atoms with Crippen LogP contribution in [0.15, 0.2) is 23.6 Å². The highest BCUT2D eigenvalue weighted by Crippen LogP contribution is 2.20. The molecule has 1 aliphatic heterocycles. The molecule has 2 rings (SSSR count). The number of hydrogen-bond donors (Lipinski definition) is 0. The van der Waals surface area contributed by atoms with Gasteiger partial charge in [0.2, 0.25) is 0 Å². The van der Waals surface area contributed by atoms with Crippen molar-refractivity contribution in [1.82, 2.24) is 14.9 Å². The van der Waals surface area contributed by atoms with E-state index in [0.717, 1.165) is 12.8 Å². The molecule has 1 aliphatic rings. The molecule has 1 aromatic rings. The van der Waals surface area contributed by atoms with E-state index in [1.807, 2.05) is 20.8 Å². The molecule has 7 heteroatoms. The highest BCUT2D eigenvalue weighted by Gasteiger charge is 2.31. The smallest absolute Gasteiger partial charge is 0.410 e. The van der Waals surface area contributed by atoms with Crippen molar-refractivity contribution in [3.8, 4) is 0 Å². The number of aromatic nitrogens is 2. The van der Waals surface area contributed by atoms with Crippen molar-refractivity contribution >= 4 is 16.9 Å². The Labute approximate surface area is 127 Å². The summed E-state index contributed by atoms with van der Waals surface area (Å²) in [6.07, 6.45) is 5.88. The zero-order chi connectivity index (χ0) is 15.5. The summed E-state index contributed by atoms with van der Waals surface area (Å²) in [4.78, 5) is 21.8. The van der Waals surface area contributed by atoms with Crippen LogP contribution in [0.2, 0.25) is 0 Å². The molecule has 2 heterocycles. The van der Waals surface area contributed by atoms with Crippen LogP contribution in [0.3, 0.4) is 0 Å². The molecule has 6 nitrogen and oxygen atoms in total. The topological polar surface area (TPSA) is 72.4 Å². The summed E-state index contributed by atoms with van der Waals surface area (Å²) in [5, 5.41) is 0.344. The zero-order valence-corrected chi connectivity index (χ0v) is 13.4. The summed E-state index contributed by atoms with van der Waals surface area (Å²) in [5.41, 5.74) is -0.520. The fraction of sp³-hybridized carbons (Fsp3) is 0.643. The standard InChI is InChI=1S/C14H21N3O3S/c1-14(2,3)20-13(18)17-8-4-5-11(10-17)21(19)12-9-15-6-7-16-12/h6-7,9,11H,4-5,8,10H2,1-3H3/t11-,21-/m0/s1. The number of rotatable bonds is 2. The first kappa shape index (κ1) is 15.9. The molecule has 0 N–H and O–H groups in total.